The Kier molecular flexibility index (Phi) is 5.37. The molecule has 59 valence electrons. The molecule has 0 amide bonds. The van der Waals surface area contributed by atoms with Crippen molar-refractivity contribution in [3.8, 4) is 0 Å². The van der Waals surface area contributed by atoms with Gasteiger partial charge in [-0.3, -0.25) is 0 Å². The second-order valence-corrected chi connectivity index (χ2v) is 3.18. The second-order valence-electron chi connectivity index (χ2n) is 3.18. The molecule has 1 rings (SSSR count). The Bertz CT molecular complexity index is 168. The van der Waals surface area contributed by atoms with Crippen LogP contribution in [-0.4, -0.2) is 0 Å². The molecule has 1 radical (unpaired) electrons. The largest absolute Gasteiger partial charge is 0.242 e. The van der Waals surface area contributed by atoms with E-state index >= 15 is 0 Å². The van der Waals surface area contributed by atoms with Crippen LogP contribution in [0.5, 0.6) is 0 Å². The van der Waals surface area contributed by atoms with Gasteiger partial charge in [-0.05, 0) is 19.3 Å². The van der Waals surface area contributed by atoms with Crippen LogP contribution >= 0.6 is 0 Å². The number of hydrogen-bond acceptors (Lipinski definition) is 0. The van der Waals surface area contributed by atoms with Gasteiger partial charge in [0.15, 0.2) is 0 Å². The van der Waals surface area contributed by atoms with E-state index in [0.29, 0.717) is 0 Å². The van der Waals surface area contributed by atoms with Crippen molar-refractivity contribution in [1.82, 2.24) is 0 Å². The Hall–Kier alpha value is 0.454. The van der Waals surface area contributed by atoms with Gasteiger partial charge in [-0.25, -0.2) is 18.6 Å². The van der Waals surface area contributed by atoms with Crippen LogP contribution in [0.2, 0.25) is 0 Å². The Morgan fingerprint density at radius 1 is 1.73 bits per heavy atom. The predicted octanol–water partition coefficient (Wildman–Crippen LogP) is 3.12. The maximum absolute atomic E-state index is 3.95. The maximum atomic E-state index is 3.95. The first-order valence-corrected chi connectivity index (χ1v) is 3.86. The van der Waals surface area contributed by atoms with E-state index < -0.39 is 0 Å². The fourth-order valence-electron chi connectivity index (χ4n) is 1.34. The summed E-state index contributed by atoms with van der Waals surface area (Å²) in [5, 5.41) is 0. The van der Waals surface area contributed by atoms with E-state index in [1.807, 2.05) is 0 Å². The van der Waals surface area contributed by atoms with Gasteiger partial charge in [-0.15, -0.1) is 0 Å². The first-order chi connectivity index (χ1) is 4.70. The average molecular weight is 224 g/mol. The molecule has 1 aliphatic carbocycles. The Balaban J connectivity index is 0.000001000. The average Bonchev–Trinajstić information content (AvgIpc) is 1.88. The van der Waals surface area contributed by atoms with Gasteiger partial charge in [0.25, 0.3) is 0 Å². The molecule has 11 heavy (non-hydrogen) atoms. The number of rotatable bonds is 1. The molecule has 0 aromatic rings. The zero-order chi connectivity index (χ0) is 7.56. The molecule has 0 aromatic heterocycles. The third-order valence-electron chi connectivity index (χ3n) is 2.20. The van der Waals surface area contributed by atoms with Crippen LogP contribution in [0.3, 0.4) is 0 Å². The van der Waals surface area contributed by atoms with Gasteiger partial charge in [0, 0.05) is 32.7 Å². The summed E-state index contributed by atoms with van der Waals surface area (Å²) in [6.45, 7) is 9.99. The molecule has 0 nitrogen and oxygen atoms in total. The van der Waals surface area contributed by atoms with Crippen molar-refractivity contribution in [2.75, 3.05) is 0 Å². The van der Waals surface area contributed by atoms with Gasteiger partial charge < -0.3 is 0 Å². The van der Waals surface area contributed by atoms with Gasteiger partial charge in [0.05, 0.1) is 0 Å². The van der Waals surface area contributed by atoms with Crippen LogP contribution in [0.1, 0.15) is 26.2 Å². The zero-order valence-electron chi connectivity index (χ0n) is 7.27. The molecular formula is C10H15Y-. The summed E-state index contributed by atoms with van der Waals surface area (Å²) in [5.74, 6) is 0.727. The van der Waals surface area contributed by atoms with Crippen molar-refractivity contribution in [2.45, 2.75) is 26.2 Å². The molecule has 1 atom stereocenters. The fourth-order valence-corrected chi connectivity index (χ4v) is 1.34. The molecule has 0 aromatic carbocycles. The van der Waals surface area contributed by atoms with E-state index in [4.69, 9.17) is 0 Å². The van der Waals surface area contributed by atoms with Gasteiger partial charge >= 0.3 is 0 Å². The fraction of sp³-hybridized carbons (Fsp3) is 0.500. The molecule has 1 unspecified atom stereocenters. The molecule has 0 heterocycles. The van der Waals surface area contributed by atoms with Crippen LogP contribution in [0.15, 0.2) is 23.8 Å². The van der Waals surface area contributed by atoms with E-state index in [2.05, 4.69) is 26.5 Å². The summed E-state index contributed by atoms with van der Waals surface area (Å²) in [7, 11) is 0. The van der Waals surface area contributed by atoms with Gasteiger partial charge in [-0.2, -0.15) is 0 Å². The summed E-state index contributed by atoms with van der Waals surface area (Å²) < 4.78 is 0. The van der Waals surface area contributed by atoms with E-state index in [1.165, 1.54) is 17.6 Å². The Morgan fingerprint density at radius 2 is 2.36 bits per heavy atom. The van der Waals surface area contributed by atoms with Crippen LogP contribution in [0.4, 0.5) is 0 Å². The van der Waals surface area contributed by atoms with Crippen LogP contribution in [-0.2, 0) is 32.7 Å². The minimum atomic E-state index is 0. The molecule has 0 bridgehead atoms. The first-order valence-electron chi connectivity index (χ1n) is 3.86. The molecule has 0 fully saturated rings. The summed E-state index contributed by atoms with van der Waals surface area (Å²) in [5.41, 5.74) is 2.63. The van der Waals surface area contributed by atoms with E-state index in [0.717, 1.165) is 18.8 Å². The Labute approximate surface area is 95.0 Å². The molecule has 0 aliphatic heterocycles. The monoisotopic (exact) mass is 224 g/mol. The topological polar surface area (TPSA) is 0 Å². The molecule has 0 spiro atoms. The standard InChI is InChI=1S/C10H15.Y/c1-8(2)10-6-4-9(3)5-7-10;/h4,10H,1,3,5-7H2,2H3;/q-1;. The molecular weight excluding hydrogens is 209 g/mol. The normalized spacial score (nSPS) is 23.4. The SMILES string of the molecule is C=C(C)C1CC=C([CH2-])CC1.[Y]. The maximum Gasteiger partial charge on any atom is 0 e. The third-order valence-corrected chi connectivity index (χ3v) is 2.20. The molecule has 1 heteroatoms. The molecule has 0 saturated heterocycles. The van der Waals surface area contributed by atoms with Crippen molar-refractivity contribution >= 4 is 0 Å². The first kappa shape index (κ1) is 11.5. The van der Waals surface area contributed by atoms with E-state index in [-0.39, 0.29) is 32.7 Å². The van der Waals surface area contributed by atoms with E-state index in [1.54, 1.807) is 0 Å². The van der Waals surface area contributed by atoms with Crippen LogP contribution in [0, 0.1) is 12.8 Å². The van der Waals surface area contributed by atoms with Crippen molar-refractivity contribution in [3.63, 3.8) is 0 Å². The summed E-state index contributed by atoms with van der Waals surface area (Å²) in [6, 6.07) is 0. The molecule has 0 N–H and O–H groups in total. The van der Waals surface area contributed by atoms with Crippen molar-refractivity contribution < 1.29 is 32.7 Å². The van der Waals surface area contributed by atoms with Crippen molar-refractivity contribution in [2.24, 2.45) is 5.92 Å². The van der Waals surface area contributed by atoms with Crippen LogP contribution in [0.25, 0.3) is 0 Å². The van der Waals surface area contributed by atoms with E-state index in [9.17, 15) is 0 Å². The zero-order valence-corrected chi connectivity index (χ0v) is 10.1. The minimum Gasteiger partial charge on any atom is -0.242 e. The minimum absolute atomic E-state index is 0. The number of hydrogen-bond donors (Lipinski definition) is 0. The second kappa shape index (κ2) is 5.16. The summed E-state index contributed by atoms with van der Waals surface area (Å²) >= 11 is 0. The predicted molar refractivity (Wildman–Crippen MR) is 45.6 cm³/mol. The van der Waals surface area contributed by atoms with Crippen molar-refractivity contribution in [1.29, 1.82) is 0 Å². The third kappa shape index (κ3) is 3.58. The smallest absolute Gasteiger partial charge is 0 e. The van der Waals surface area contributed by atoms with Crippen LogP contribution < -0.4 is 0 Å². The quantitative estimate of drug-likeness (QED) is 0.474. The van der Waals surface area contributed by atoms with Gasteiger partial charge in [0.1, 0.15) is 0 Å². The Morgan fingerprint density at radius 3 is 2.73 bits per heavy atom. The summed E-state index contributed by atoms with van der Waals surface area (Å²) in [6.07, 6.45) is 5.82. The van der Waals surface area contributed by atoms with Gasteiger partial charge in [0.2, 0.25) is 0 Å². The van der Waals surface area contributed by atoms with Crippen molar-refractivity contribution in [3.05, 3.63) is 30.7 Å². The molecule has 0 saturated carbocycles. The molecule has 1 aliphatic rings. The summed E-state index contributed by atoms with van der Waals surface area (Å²) in [4.78, 5) is 0. The number of allylic oxidation sites excluding steroid dienone is 3. The van der Waals surface area contributed by atoms with Gasteiger partial charge in [-0.1, -0.05) is 25.0 Å².